The molecule has 0 aromatic heterocycles. The molecule has 0 rings (SSSR count). The van der Waals surface area contributed by atoms with E-state index in [4.69, 9.17) is 10.8 Å². The molecule has 0 radical (unpaired) electrons. The van der Waals surface area contributed by atoms with Gasteiger partial charge in [0.2, 0.25) is 0 Å². The molecule has 0 saturated heterocycles. The zero-order chi connectivity index (χ0) is 6.73. The van der Waals surface area contributed by atoms with Gasteiger partial charge in [-0.2, -0.15) is 13.5 Å². The molecule has 0 bridgehead atoms. The summed E-state index contributed by atoms with van der Waals surface area (Å²) < 4.78 is 0. The van der Waals surface area contributed by atoms with E-state index in [0.717, 1.165) is 0 Å². The van der Waals surface area contributed by atoms with Gasteiger partial charge in [-0.25, -0.2) is 0 Å². The normalized spacial score (nSPS) is 12.4. The van der Waals surface area contributed by atoms with Crippen LogP contribution in [0.1, 0.15) is 13.8 Å². The Balaban J connectivity index is 0. The molecule has 56 valence electrons. The lowest BCUT2D eigenvalue weighted by atomic mass is 10.1. The fourth-order valence-electron chi connectivity index (χ4n) is 0.285. The van der Waals surface area contributed by atoms with E-state index in [-0.39, 0.29) is 19.4 Å². The first-order valence-corrected chi connectivity index (χ1v) is 2.54. The number of nitrogens with two attached hydrogens (primary N) is 1. The molecule has 1 atom stereocenters. The second kappa shape index (κ2) is 4.64. The number of hydrogen-bond donors (Lipinski definition) is 2. The zero-order valence-corrected chi connectivity index (χ0v) is 6.59. The van der Waals surface area contributed by atoms with Crippen molar-refractivity contribution in [2.45, 2.75) is 19.9 Å². The van der Waals surface area contributed by atoms with Crippen LogP contribution in [-0.4, -0.2) is 17.1 Å². The summed E-state index contributed by atoms with van der Waals surface area (Å²) in [6.07, 6.45) is 0. The van der Waals surface area contributed by atoms with Gasteiger partial charge in [0, 0.05) is 0 Å². The van der Waals surface area contributed by atoms with Gasteiger partial charge in [0.1, 0.15) is 6.04 Å². The molecular formula is C5H13NO2S. The molecule has 0 aliphatic rings. The van der Waals surface area contributed by atoms with Crippen LogP contribution >= 0.6 is 13.5 Å². The summed E-state index contributed by atoms with van der Waals surface area (Å²) in [5.41, 5.74) is 5.16. The van der Waals surface area contributed by atoms with Crippen molar-refractivity contribution in [2.75, 3.05) is 0 Å². The first-order valence-electron chi connectivity index (χ1n) is 2.54. The monoisotopic (exact) mass is 151 g/mol. The molecule has 0 amide bonds. The van der Waals surface area contributed by atoms with E-state index in [9.17, 15) is 4.79 Å². The Labute approximate surface area is 61.7 Å². The van der Waals surface area contributed by atoms with E-state index in [1.807, 2.05) is 0 Å². The highest BCUT2D eigenvalue weighted by molar-refractivity contribution is 7.59. The predicted octanol–water partition coefficient (Wildman–Crippen LogP) is 0.167. The van der Waals surface area contributed by atoms with Crippen molar-refractivity contribution in [3.8, 4) is 0 Å². The van der Waals surface area contributed by atoms with Crippen LogP contribution in [0.15, 0.2) is 0 Å². The minimum absolute atomic E-state index is 0. The van der Waals surface area contributed by atoms with E-state index in [2.05, 4.69) is 0 Å². The highest BCUT2D eigenvalue weighted by Crippen LogP contribution is 1.96. The summed E-state index contributed by atoms with van der Waals surface area (Å²) in [6, 6.07) is -0.713. The van der Waals surface area contributed by atoms with E-state index in [1.54, 1.807) is 13.8 Å². The quantitative estimate of drug-likeness (QED) is 0.591. The van der Waals surface area contributed by atoms with Crippen molar-refractivity contribution in [3.63, 3.8) is 0 Å². The molecule has 0 fully saturated rings. The van der Waals surface area contributed by atoms with E-state index in [0.29, 0.717) is 0 Å². The Bertz CT molecular complexity index is 95.0. The second-order valence-corrected chi connectivity index (χ2v) is 2.11. The summed E-state index contributed by atoms with van der Waals surface area (Å²) in [7, 11) is 0. The van der Waals surface area contributed by atoms with Gasteiger partial charge in [0.25, 0.3) is 0 Å². The third kappa shape index (κ3) is 4.29. The summed E-state index contributed by atoms with van der Waals surface area (Å²) in [6.45, 7) is 3.55. The summed E-state index contributed by atoms with van der Waals surface area (Å²) >= 11 is 0. The number of carboxylic acid groups (broad SMARTS) is 1. The smallest absolute Gasteiger partial charge is 0.320 e. The Morgan fingerprint density at radius 2 is 1.89 bits per heavy atom. The van der Waals surface area contributed by atoms with Crippen LogP contribution in [0, 0.1) is 5.92 Å². The second-order valence-electron chi connectivity index (χ2n) is 2.11. The van der Waals surface area contributed by atoms with Crippen molar-refractivity contribution in [3.05, 3.63) is 0 Å². The number of aliphatic carboxylic acids is 1. The largest absolute Gasteiger partial charge is 0.480 e. The lowest BCUT2D eigenvalue weighted by Gasteiger charge is -2.07. The van der Waals surface area contributed by atoms with Crippen LogP contribution in [0.5, 0.6) is 0 Å². The van der Waals surface area contributed by atoms with Gasteiger partial charge in [-0.1, -0.05) is 13.8 Å². The average Bonchev–Trinajstić information content (AvgIpc) is 1.64. The third-order valence-electron chi connectivity index (χ3n) is 1.00. The van der Waals surface area contributed by atoms with Gasteiger partial charge >= 0.3 is 5.97 Å². The summed E-state index contributed by atoms with van der Waals surface area (Å²) in [5, 5.41) is 8.23. The van der Waals surface area contributed by atoms with Gasteiger partial charge in [-0.05, 0) is 5.92 Å². The van der Waals surface area contributed by atoms with E-state index in [1.165, 1.54) is 0 Å². The van der Waals surface area contributed by atoms with Crippen LogP contribution in [0.4, 0.5) is 0 Å². The summed E-state index contributed by atoms with van der Waals surface area (Å²) in [5.74, 6) is -0.910. The maximum absolute atomic E-state index is 10.0. The average molecular weight is 151 g/mol. The Hall–Kier alpha value is -0.220. The third-order valence-corrected chi connectivity index (χ3v) is 1.00. The van der Waals surface area contributed by atoms with Crippen LogP contribution in [0.25, 0.3) is 0 Å². The van der Waals surface area contributed by atoms with Gasteiger partial charge in [-0.3, -0.25) is 4.79 Å². The van der Waals surface area contributed by atoms with Gasteiger partial charge in [-0.15, -0.1) is 0 Å². The Morgan fingerprint density at radius 1 is 1.56 bits per heavy atom. The van der Waals surface area contributed by atoms with Crippen LogP contribution < -0.4 is 5.73 Å². The van der Waals surface area contributed by atoms with Crippen molar-refractivity contribution in [1.29, 1.82) is 0 Å². The predicted molar refractivity (Wildman–Crippen MR) is 40.8 cm³/mol. The number of carbonyl (C=O) groups is 1. The van der Waals surface area contributed by atoms with Crippen molar-refractivity contribution >= 4 is 19.5 Å². The fourth-order valence-corrected chi connectivity index (χ4v) is 0.285. The fraction of sp³-hybridized carbons (Fsp3) is 0.800. The molecule has 0 heterocycles. The standard InChI is InChI=1S/C5H11NO2.H2S/c1-3(2)4(6)5(7)8;/h3-4H,6H2,1-2H3,(H,7,8);1H2. The van der Waals surface area contributed by atoms with Gasteiger partial charge in [0.15, 0.2) is 0 Å². The van der Waals surface area contributed by atoms with Crippen LogP contribution in [0.2, 0.25) is 0 Å². The van der Waals surface area contributed by atoms with E-state index < -0.39 is 12.0 Å². The molecule has 3 N–H and O–H groups in total. The molecule has 0 aliphatic heterocycles. The zero-order valence-electron chi connectivity index (χ0n) is 5.59. The lowest BCUT2D eigenvalue weighted by molar-refractivity contribution is -0.139. The number of rotatable bonds is 2. The van der Waals surface area contributed by atoms with Crippen molar-refractivity contribution < 1.29 is 9.90 Å². The highest BCUT2D eigenvalue weighted by Gasteiger charge is 2.14. The molecular weight excluding hydrogens is 138 g/mol. The Kier molecular flexibility index (Phi) is 5.96. The lowest BCUT2D eigenvalue weighted by Crippen LogP contribution is -2.34. The van der Waals surface area contributed by atoms with E-state index >= 15 is 0 Å². The SMILES string of the molecule is CC(C)C(N)C(=O)O.S. The minimum Gasteiger partial charge on any atom is -0.480 e. The first kappa shape index (κ1) is 11.6. The molecule has 4 heteroatoms. The number of carboxylic acids is 1. The van der Waals surface area contributed by atoms with Gasteiger partial charge in [0.05, 0.1) is 0 Å². The molecule has 3 nitrogen and oxygen atoms in total. The maximum Gasteiger partial charge on any atom is 0.320 e. The molecule has 0 aliphatic carbocycles. The molecule has 0 aromatic carbocycles. The first-order chi connectivity index (χ1) is 3.55. The molecule has 1 unspecified atom stereocenters. The van der Waals surface area contributed by atoms with Crippen molar-refractivity contribution in [2.24, 2.45) is 11.7 Å². The van der Waals surface area contributed by atoms with Crippen LogP contribution in [0.3, 0.4) is 0 Å². The molecule has 9 heavy (non-hydrogen) atoms. The maximum atomic E-state index is 10.0. The molecule has 0 aromatic rings. The van der Waals surface area contributed by atoms with Gasteiger partial charge < -0.3 is 10.8 Å². The number of hydrogen-bond acceptors (Lipinski definition) is 2. The topological polar surface area (TPSA) is 63.3 Å². The van der Waals surface area contributed by atoms with Crippen LogP contribution in [-0.2, 0) is 4.79 Å². The molecule has 0 spiro atoms. The minimum atomic E-state index is -0.931. The highest BCUT2D eigenvalue weighted by atomic mass is 32.1. The summed E-state index contributed by atoms with van der Waals surface area (Å²) in [4.78, 5) is 10.0. The van der Waals surface area contributed by atoms with Crippen molar-refractivity contribution in [1.82, 2.24) is 0 Å². The Morgan fingerprint density at radius 3 is 1.89 bits per heavy atom. The molecule has 0 saturated carbocycles.